The van der Waals surface area contributed by atoms with E-state index in [9.17, 15) is 0 Å². The van der Waals surface area contributed by atoms with E-state index in [2.05, 4.69) is 18.2 Å². The highest BCUT2D eigenvalue weighted by molar-refractivity contribution is 5.20. The Morgan fingerprint density at radius 2 is 2.40 bits per heavy atom. The lowest BCUT2D eigenvalue weighted by Crippen LogP contribution is -2.45. The predicted molar refractivity (Wildman–Crippen MR) is 61.3 cm³/mol. The summed E-state index contributed by atoms with van der Waals surface area (Å²) in [4.78, 5) is 0. The third kappa shape index (κ3) is 1.81. The molecule has 3 heteroatoms. The molecule has 1 saturated carbocycles. The van der Waals surface area contributed by atoms with Crippen LogP contribution < -0.4 is 5.73 Å². The topological polar surface area (TPSA) is 43.8 Å². The van der Waals surface area contributed by atoms with Gasteiger partial charge in [-0.3, -0.25) is 4.68 Å². The van der Waals surface area contributed by atoms with Crippen LogP contribution in [0.2, 0.25) is 0 Å². The maximum atomic E-state index is 6.60. The van der Waals surface area contributed by atoms with E-state index in [-0.39, 0.29) is 5.54 Å². The van der Waals surface area contributed by atoms with Crippen molar-refractivity contribution in [3.8, 4) is 0 Å². The standard InChI is InChI=1S/C12H21N3/c1-3-10-6-4-5-7-12(10,13)11-8-14-15(2)9-11/h8-10H,3-7,13H2,1-2H3. The third-order valence-electron chi connectivity index (χ3n) is 3.86. The second-order valence-electron chi connectivity index (χ2n) is 4.79. The smallest absolute Gasteiger partial charge is 0.0540 e. The molecule has 2 rings (SSSR count). The van der Waals surface area contributed by atoms with E-state index in [4.69, 9.17) is 5.73 Å². The fraction of sp³-hybridized carbons (Fsp3) is 0.750. The highest BCUT2D eigenvalue weighted by Crippen LogP contribution is 2.40. The van der Waals surface area contributed by atoms with Crippen LogP contribution in [0.5, 0.6) is 0 Å². The molecule has 0 spiro atoms. The number of nitrogens with two attached hydrogens (primary N) is 1. The second kappa shape index (κ2) is 3.97. The average Bonchev–Trinajstić information content (AvgIpc) is 2.66. The normalized spacial score (nSPS) is 31.8. The first kappa shape index (κ1) is 10.7. The largest absolute Gasteiger partial charge is 0.321 e. The summed E-state index contributed by atoms with van der Waals surface area (Å²) in [5.74, 6) is 0.621. The number of nitrogens with zero attached hydrogens (tertiary/aromatic N) is 2. The summed E-state index contributed by atoms with van der Waals surface area (Å²) in [7, 11) is 1.95. The van der Waals surface area contributed by atoms with Crippen molar-refractivity contribution in [3.05, 3.63) is 18.0 Å². The van der Waals surface area contributed by atoms with E-state index < -0.39 is 0 Å². The molecule has 1 fully saturated rings. The van der Waals surface area contributed by atoms with Crippen molar-refractivity contribution in [2.45, 2.75) is 44.6 Å². The summed E-state index contributed by atoms with van der Waals surface area (Å²) >= 11 is 0. The zero-order chi connectivity index (χ0) is 10.9. The first-order valence-electron chi connectivity index (χ1n) is 5.95. The van der Waals surface area contributed by atoms with E-state index in [1.54, 1.807) is 0 Å². The fourth-order valence-electron chi connectivity index (χ4n) is 2.88. The number of hydrogen-bond acceptors (Lipinski definition) is 2. The van der Waals surface area contributed by atoms with Crippen molar-refractivity contribution < 1.29 is 0 Å². The van der Waals surface area contributed by atoms with Crippen molar-refractivity contribution in [1.29, 1.82) is 0 Å². The van der Waals surface area contributed by atoms with Crippen LogP contribution in [0.1, 0.15) is 44.6 Å². The summed E-state index contributed by atoms with van der Waals surface area (Å²) in [6, 6.07) is 0. The monoisotopic (exact) mass is 207 g/mol. The molecular formula is C12H21N3. The molecular weight excluding hydrogens is 186 g/mol. The molecule has 0 radical (unpaired) electrons. The Morgan fingerprint density at radius 1 is 1.60 bits per heavy atom. The molecule has 1 aliphatic carbocycles. The number of hydrogen-bond donors (Lipinski definition) is 1. The van der Waals surface area contributed by atoms with Crippen LogP contribution in [0.3, 0.4) is 0 Å². The molecule has 1 aromatic heterocycles. The molecule has 1 aliphatic rings. The Bertz CT molecular complexity index is 331. The van der Waals surface area contributed by atoms with Crippen LogP contribution >= 0.6 is 0 Å². The highest BCUT2D eigenvalue weighted by atomic mass is 15.2. The van der Waals surface area contributed by atoms with Crippen LogP contribution in [-0.2, 0) is 12.6 Å². The maximum absolute atomic E-state index is 6.60. The average molecular weight is 207 g/mol. The van der Waals surface area contributed by atoms with E-state index in [1.807, 2.05) is 17.9 Å². The first-order valence-corrected chi connectivity index (χ1v) is 5.95. The van der Waals surface area contributed by atoms with Crippen LogP contribution in [0, 0.1) is 5.92 Å². The summed E-state index contributed by atoms with van der Waals surface area (Å²) in [5.41, 5.74) is 7.69. The molecule has 2 N–H and O–H groups in total. The van der Waals surface area contributed by atoms with Gasteiger partial charge in [-0.15, -0.1) is 0 Å². The Kier molecular flexibility index (Phi) is 2.83. The minimum atomic E-state index is -0.124. The van der Waals surface area contributed by atoms with Gasteiger partial charge in [-0.05, 0) is 18.8 Å². The van der Waals surface area contributed by atoms with Crippen molar-refractivity contribution in [3.63, 3.8) is 0 Å². The Labute approximate surface area is 91.7 Å². The minimum absolute atomic E-state index is 0.124. The zero-order valence-electron chi connectivity index (χ0n) is 9.74. The van der Waals surface area contributed by atoms with Gasteiger partial charge < -0.3 is 5.73 Å². The number of aromatic nitrogens is 2. The molecule has 15 heavy (non-hydrogen) atoms. The first-order chi connectivity index (χ1) is 7.16. The van der Waals surface area contributed by atoms with Gasteiger partial charge in [0.05, 0.1) is 6.20 Å². The van der Waals surface area contributed by atoms with Crippen molar-refractivity contribution in [2.24, 2.45) is 18.7 Å². The third-order valence-corrected chi connectivity index (χ3v) is 3.86. The SMILES string of the molecule is CCC1CCCCC1(N)c1cnn(C)c1. The summed E-state index contributed by atoms with van der Waals surface area (Å²) in [6.07, 6.45) is 10.1. The molecule has 1 heterocycles. The van der Waals surface area contributed by atoms with Gasteiger partial charge in [0.1, 0.15) is 0 Å². The lowest BCUT2D eigenvalue weighted by Gasteiger charge is -2.40. The highest BCUT2D eigenvalue weighted by Gasteiger charge is 2.38. The van der Waals surface area contributed by atoms with Crippen molar-refractivity contribution in [1.82, 2.24) is 9.78 Å². The minimum Gasteiger partial charge on any atom is -0.321 e. The molecule has 2 unspecified atom stereocenters. The quantitative estimate of drug-likeness (QED) is 0.807. The fourth-order valence-corrected chi connectivity index (χ4v) is 2.88. The van der Waals surface area contributed by atoms with Gasteiger partial charge in [0.15, 0.2) is 0 Å². The van der Waals surface area contributed by atoms with Gasteiger partial charge in [0.25, 0.3) is 0 Å². The lowest BCUT2D eigenvalue weighted by atomic mass is 9.69. The van der Waals surface area contributed by atoms with E-state index in [0.29, 0.717) is 5.92 Å². The summed E-state index contributed by atoms with van der Waals surface area (Å²) in [6.45, 7) is 2.24. The Balaban J connectivity index is 2.29. The van der Waals surface area contributed by atoms with Gasteiger partial charge in [0.2, 0.25) is 0 Å². The number of aryl methyl sites for hydroxylation is 1. The number of rotatable bonds is 2. The lowest BCUT2D eigenvalue weighted by molar-refractivity contribution is 0.184. The van der Waals surface area contributed by atoms with Crippen LogP contribution in [0.25, 0.3) is 0 Å². The van der Waals surface area contributed by atoms with Gasteiger partial charge >= 0.3 is 0 Å². The van der Waals surface area contributed by atoms with E-state index in [1.165, 1.54) is 31.2 Å². The van der Waals surface area contributed by atoms with Gasteiger partial charge in [0, 0.05) is 24.3 Å². The molecule has 0 bridgehead atoms. The van der Waals surface area contributed by atoms with Crippen LogP contribution in [0.15, 0.2) is 12.4 Å². The van der Waals surface area contributed by atoms with Crippen LogP contribution in [0.4, 0.5) is 0 Å². The molecule has 0 aliphatic heterocycles. The van der Waals surface area contributed by atoms with Crippen LogP contribution in [-0.4, -0.2) is 9.78 Å². The molecule has 0 saturated heterocycles. The maximum Gasteiger partial charge on any atom is 0.0540 e. The second-order valence-corrected chi connectivity index (χ2v) is 4.79. The van der Waals surface area contributed by atoms with Gasteiger partial charge in [-0.25, -0.2) is 0 Å². The predicted octanol–water partition coefficient (Wildman–Crippen LogP) is 2.17. The molecule has 1 aromatic rings. The molecule has 0 aromatic carbocycles. The van der Waals surface area contributed by atoms with Gasteiger partial charge in [-0.2, -0.15) is 5.10 Å². The molecule has 0 amide bonds. The van der Waals surface area contributed by atoms with E-state index >= 15 is 0 Å². The Morgan fingerprint density at radius 3 is 3.00 bits per heavy atom. The summed E-state index contributed by atoms with van der Waals surface area (Å²) < 4.78 is 1.85. The van der Waals surface area contributed by atoms with E-state index in [0.717, 1.165) is 6.42 Å². The summed E-state index contributed by atoms with van der Waals surface area (Å²) in [5, 5.41) is 4.24. The van der Waals surface area contributed by atoms with Crippen molar-refractivity contribution >= 4 is 0 Å². The van der Waals surface area contributed by atoms with Crippen molar-refractivity contribution in [2.75, 3.05) is 0 Å². The molecule has 84 valence electrons. The van der Waals surface area contributed by atoms with Gasteiger partial charge in [-0.1, -0.05) is 26.2 Å². The Hall–Kier alpha value is -0.830. The zero-order valence-corrected chi connectivity index (χ0v) is 9.74. The molecule has 3 nitrogen and oxygen atoms in total. The molecule has 2 atom stereocenters.